The number of allylic oxidation sites excluding steroid dienone is 2. The molecule has 0 aliphatic heterocycles. The van der Waals surface area contributed by atoms with Crippen molar-refractivity contribution in [3.8, 4) is 21.8 Å². The Morgan fingerprint density at radius 1 is 0.898 bits per heavy atom. The van der Waals surface area contributed by atoms with Crippen molar-refractivity contribution in [2.24, 2.45) is 17.8 Å². The van der Waals surface area contributed by atoms with E-state index in [9.17, 15) is 9.90 Å². The third kappa shape index (κ3) is 10.4. The quantitative estimate of drug-likeness (QED) is 0.0814. The largest absolute Gasteiger partial charge is 0.512 e. The third-order valence-corrected chi connectivity index (χ3v) is 10.0. The second kappa shape index (κ2) is 18.1. The maximum absolute atomic E-state index is 11.7. The molecule has 5 rings (SSSR count). The molecule has 0 aliphatic carbocycles. The Labute approximate surface area is 311 Å². The maximum Gasteiger partial charge on any atom is 0.162 e. The molecule has 1 radical (unpaired) electrons. The Kier molecular flexibility index (Phi) is 14.9. The van der Waals surface area contributed by atoms with E-state index >= 15 is 0 Å². The predicted octanol–water partition coefficient (Wildman–Crippen LogP) is 11.7. The summed E-state index contributed by atoms with van der Waals surface area (Å²) in [7, 11) is 0. The molecule has 0 atom stereocenters. The number of carbonyl (C=O) groups is 1. The van der Waals surface area contributed by atoms with Crippen molar-refractivity contribution in [2.45, 2.75) is 99.8 Å². The first-order chi connectivity index (χ1) is 22.9. The van der Waals surface area contributed by atoms with E-state index < -0.39 is 0 Å². The summed E-state index contributed by atoms with van der Waals surface area (Å²) in [5.41, 5.74) is 5.30. The van der Waals surface area contributed by atoms with Crippen LogP contribution in [0.3, 0.4) is 0 Å². The summed E-state index contributed by atoms with van der Waals surface area (Å²) < 4.78 is 1.19. The number of benzene rings is 2. The Bertz CT molecular complexity index is 1860. The van der Waals surface area contributed by atoms with Crippen molar-refractivity contribution in [1.29, 1.82) is 0 Å². The first kappa shape index (κ1) is 40.2. The van der Waals surface area contributed by atoms with E-state index in [1.807, 2.05) is 33.9 Å². The molecule has 7 heteroatoms. The molecule has 5 nitrogen and oxygen atoms in total. The number of nitrogens with zero attached hydrogens (tertiary/aromatic N) is 3. The van der Waals surface area contributed by atoms with Gasteiger partial charge in [-0.05, 0) is 67.0 Å². The van der Waals surface area contributed by atoms with Crippen LogP contribution in [0.15, 0.2) is 72.9 Å². The second-order valence-corrected chi connectivity index (χ2v) is 15.2. The third-order valence-electron chi connectivity index (χ3n) is 8.94. The van der Waals surface area contributed by atoms with Gasteiger partial charge in [0.25, 0.3) is 0 Å². The first-order valence-corrected chi connectivity index (χ1v) is 18.3. The minimum atomic E-state index is 0. The maximum atomic E-state index is 11.7. The molecule has 0 saturated carbocycles. The van der Waals surface area contributed by atoms with E-state index in [0.717, 1.165) is 65.0 Å². The number of hydrogen-bond acceptors (Lipinski definition) is 6. The summed E-state index contributed by atoms with van der Waals surface area (Å²) >= 11 is 1.73. The Balaban J connectivity index is 0.000000347. The van der Waals surface area contributed by atoms with Gasteiger partial charge in [-0.15, -0.1) is 40.5 Å². The molecule has 2 aromatic carbocycles. The van der Waals surface area contributed by atoms with Crippen LogP contribution in [-0.2, 0) is 36.7 Å². The molecule has 0 aliphatic rings. The number of aliphatic hydroxyl groups excluding tert-OH is 1. The fraction of sp³-hybridized carbons (Fsp3) is 0.429. The zero-order valence-electron chi connectivity index (χ0n) is 30.6. The van der Waals surface area contributed by atoms with Gasteiger partial charge < -0.3 is 5.11 Å². The molecule has 49 heavy (non-hydrogen) atoms. The molecule has 0 amide bonds. The van der Waals surface area contributed by atoms with Crippen LogP contribution in [0.4, 0.5) is 0 Å². The van der Waals surface area contributed by atoms with Crippen LogP contribution < -0.4 is 0 Å². The van der Waals surface area contributed by atoms with Crippen molar-refractivity contribution in [1.82, 2.24) is 15.0 Å². The summed E-state index contributed by atoms with van der Waals surface area (Å²) in [6, 6.07) is 20.8. The summed E-state index contributed by atoms with van der Waals surface area (Å²) in [4.78, 5) is 26.7. The van der Waals surface area contributed by atoms with Gasteiger partial charge in [0.15, 0.2) is 5.78 Å². The van der Waals surface area contributed by atoms with Gasteiger partial charge in [0.1, 0.15) is 6.33 Å². The topological polar surface area (TPSA) is 76.0 Å². The van der Waals surface area contributed by atoms with Crippen molar-refractivity contribution in [2.75, 3.05) is 0 Å². The number of pyridine rings is 1. The summed E-state index contributed by atoms with van der Waals surface area (Å²) in [6.45, 7) is 19.3. The zero-order valence-corrected chi connectivity index (χ0v) is 33.8. The van der Waals surface area contributed by atoms with Gasteiger partial charge in [0, 0.05) is 55.6 Å². The average Bonchev–Trinajstić information content (AvgIpc) is 3.49. The van der Waals surface area contributed by atoms with Crippen LogP contribution in [-0.4, -0.2) is 25.8 Å². The SMILES string of the molecule is CC(C)Cc1cc2cc(-c3cc(-c4[c-]c5ccccc5c(C(C)(C)C)c4)ncn3)sc2cn1.CCC(CC)C(=O)/C=C(\O)C(CC)CC.[Ir]. The number of thiophene rings is 1. The van der Waals surface area contributed by atoms with Crippen LogP contribution >= 0.6 is 11.3 Å². The van der Waals surface area contributed by atoms with Gasteiger partial charge in [-0.25, -0.2) is 4.98 Å². The minimum Gasteiger partial charge on any atom is -0.512 e. The molecule has 0 spiro atoms. The fourth-order valence-electron chi connectivity index (χ4n) is 6.05. The number of carbonyl (C=O) groups excluding carboxylic acids is 1. The van der Waals surface area contributed by atoms with Gasteiger partial charge in [0.05, 0.1) is 21.0 Å². The molecule has 1 N–H and O–H groups in total. The van der Waals surface area contributed by atoms with Crippen molar-refractivity contribution in [3.05, 3.63) is 90.2 Å². The van der Waals surface area contributed by atoms with E-state index in [4.69, 9.17) is 0 Å². The fourth-order valence-corrected chi connectivity index (χ4v) is 7.03. The molecule has 3 heterocycles. The van der Waals surface area contributed by atoms with Crippen LogP contribution in [0.5, 0.6) is 0 Å². The molecule has 263 valence electrons. The van der Waals surface area contributed by atoms with Crippen LogP contribution in [0, 0.1) is 23.8 Å². The number of hydrogen-bond donors (Lipinski definition) is 1. The number of aliphatic hydroxyl groups is 1. The normalized spacial score (nSPS) is 12.0. The van der Waals surface area contributed by atoms with Crippen LogP contribution in [0.2, 0.25) is 0 Å². The van der Waals surface area contributed by atoms with Gasteiger partial charge in [-0.3, -0.25) is 14.8 Å². The first-order valence-electron chi connectivity index (χ1n) is 17.5. The Morgan fingerprint density at radius 2 is 1.55 bits per heavy atom. The standard InChI is InChI=1S/C29H28N3S.C13H24O2.Ir/c1-18(2)10-22-12-21-14-27(33-28(21)16-30-22)26-15-25(31-17-32-26)20-11-19-8-6-7-9-23(19)24(13-20)29(3,4)5;1-5-10(6-2)12(14)9-13(15)11(7-3)8-4;/h6-9,12-18H,10H2,1-5H3;9-11,14H,5-8H2,1-4H3;/q-1;;/b;12-9-;. The predicted molar refractivity (Wildman–Crippen MR) is 204 cm³/mol. The molecular formula is C42H52IrN3O2S-. The Hall–Kier alpha value is -3.25. The molecular weight excluding hydrogens is 803 g/mol. The molecule has 5 aromatic rings. The summed E-state index contributed by atoms with van der Waals surface area (Å²) in [6.07, 6.45) is 9.56. The second-order valence-electron chi connectivity index (χ2n) is 14.1. The van der Waals surface area contributed by atoms with Crippen LogP contribution in [0.1, 0.15) is 99.3 Å². The smallest absolute Gasteiger partial charge is 0.162 e. The number of aromatic nitrogens is 3. The van der Waals surface area contributed by atoms with E-state index in [1.54, 1.807) is 17.7 Å². The van der Waals surface area contributed by atoms with E-state index in [0.29, 0.717) is 5.92 Å². The number of ketones is 1. The zero-order chi connectivity index (χ0) is 35.0. The van der Waals surface area contributed by atoms with Gasteiger partial charge in [0.2, 0.25) is 0 Å². The molecule has 0 bridgehead atoms. The average molecular weight is 855 g/mol. The van der Waals surface area contributed by atoms with Crippen molar-refractivity contribution in [3.63, 3.8) is 0 Å². The molecule has 3 aromatic heterocycles. The summed E-state index contributed by atoms with van der Waals surface area (Å²) in [5, 5.41) is 13.4. The van der Waals surface area contributed by atoms with Gasteiger partial charge in [-0.1, -0.05) is 91.5 Å². The van der Waals surface area contributed by atoms with Crippen molar-refractivity contribution >= 4 is 38.0 Å². The van der Waals surface area contributed by atoms with E-state index in [2.05, 4.69) is 104 Å². The molecule has 0 saturated heterocycles. The Morgan fingerprint density at radius 3 is 2.18 bits per heavy atom. The molecule has 0 fully saturated rings. The monoisotopic (exact) mass is 855 g/mol. The van der Waals surface area contributed by atoms with Crippen LogP contribution in [0.25, 0.3) is 42.7 Å². The van der Waals surface area contributed by atoms with E-state index in [-0.39, 0.29) is 48.9 Å². The van der Waals surface area contributed by atoms with Gasteiger partial charge >= 0.3 is 0 Å². The number of fused-ring (bicyclic) bond motifs is 2. The van der Waals surface area contributed by atoms with Gasteiger partial charge in [-0.2, -0.15) is 0 Å². The molecule has 0 unspecified atom stereocenters. The van der Waals surface area contributed by atoms with Crippen molar-refractivity contribution < 1.29 is 30.0 Å². The summed E-state index contributed by atoms with van der Waals surface area (Å²) in [5.74, 6) is 1.14. The van der Waals surface area contributed by atoms with E-state index in [1.165, 1.54) is 27.1 Å². The minimum absolute atomic E-state index is 0. The number of rotatable bonds is 11.